The molecule has 4 heteroatoms. The summed E-state index contributed by atoms with van der Waals surface area (Å²) in [4.78, 5) is 11.2. The van der Waals surface area contributed by atoms with Crippen LogP contribution in [0.15, 0.2) is 234 Å². The monoisotopic (exact) mass is 823 g/mol. The van der Waals surface area contributed by atoms with Gasteiger partial charge in [-0.05, 0) is 99.0 Å². The van der Waals surface area contributed by atoms with Gasteiger partial charge in [-0.3, -0.25) is 0 Å². The maximum atomic E-state index is 5.65. The fraction of sp³-hybridized carbons (Fsp3) is 0.0508. The quantitative estimate of drug-likeness (QED) is 0.171. The van der Waals surface area contributed by atoms with E-state index in [1.54, 1.807) is 0 Å². The van der Waals surface area contributed by atoms with Gasteiger partial charge >= 0.3 is 0 Å². The molecule has 1 aromatic heterocycles. The number of nitrogens with zero attached hydrogens (tertiary/aromatic N) is 2. The standard InChI is InChI=1S/C59H41N3S/c1-58(47-35-43(39-18-6-2-7-19-39)34-44(36-47)40-20-8-3-9-21-40)61-56(60-57(62-58)42-30-32-50-49-27-15-17-29-54(49)63-55(50)38-42)41-31-33-53-51(37-41)48-26-14-16-28-52(48)59(53,45-22-10-4-11-23-45)46-24-12-5-13-25-46/h2-38H,1H3,(H,60,61,62). The first-order valence-electron chi connectivity index (χ1n) is 21.6. The van der Waals surface area contributed by atoms with Crippen LogP contribution in [0.1, 0.15) is 45.9 Å². The maximum Gasteiger partial charge on any atom is 0.177 e. The molecule has 298 valence electrons. The lowest BCUT2D eigenvalue weighted by Crippen LogP contribution is -2.40. The van der Waals surface area contributed by atoms with Crippen LogP contribution >= 0.6 is 11.3 Å². The molecule has 1 atom stereocenters. The summed E-state index contributed by atoms with van der Waals surface area (Å²) in [5.74, 6) is 1.57. The van der Waals surface area contributed by atoms with Crippen molar-refractivity contribution in [1.29, 1.82) is 0 Å². The van der Waals surface area contributed by atoms with Crippen LogP contribution in [0.2, 0.25) is 0 Å². The molecule has 2 heterocycles. The summed E-state index contributed by atoms with van der Waals surface area (Å²) in [6.45, 7) is 2.16. The first kappa shape index (κ1) is 37.1. The zero-order valence-corrected chi connectivity index (χ0v) is 35.5. The van der Waals surface area contributed by atoms with E-state index < -0.39 is 11.1 Å². The fourth-order valence-corrected chi connectivity index (χ4v) is 11.1. The molecule has 1 N–H and O–H groups in total. The smallest absolute Gasteiger partial charge is 0.177 e. The van der Waals surface area contributed by atoms with Gasteiger partial charge < -0.3 is 5.32 Å². The number of thiophene rings is 1. The van der Waals surface area contributed by atoms with Gasteiger partial charge in [-0.2, -0.15) is 0 Å². The predicted molar refractivity (Wildman–Crippen MR) is 264 cm³/mol. The lowest BCUT2D eigenvalue weighted by Gasteiger charge is -2.34. The lowest BCUT2D eigenvalue weighted by atomic mass is 9.67. The van der Waals surface area contributed by atoms with E-state index in [1.165, 1.54) is 53.6 Å². The molecular weight excluding hydrogens is 783 g/mol. The number of benzene rings is 9. The Kier molecular flexibility index (Phi) is 8.70. The normalized spacial score (nSPS) is 16.2. The molecule has 0 spiro atoms. The summed E-state index contributed by atoms with van der Waals surface area (Å²) in [5, 5.41) is 6.34. The van der Waals surface area contributed by atoms with Crippen molar-refractivity contribution in [3.63, 3.8) is 0 Å². The molecule has 1 aliphatic carbocycles. The summed E-state index contributed by atoms with van der Waals surface area (Å²) in [6, 6.07) is 81.3. The van der Waals surface area contributed by atoms with E-state index in [4.69, 9.17) is 9.98 Å². The Morgan fingerprint density at radius 1 is 0.365 bits per heavy atom. The average molecular weight is 824 g/mol. The third-order valence-corrected chi connectivity index (χ3v) is 14.1. The summed E-state index contributed by atoms with van der Waals surface area (Å²) < 4.78 is 2.51. The Balaban J connectivity index is 1.07. The van der Waals surface area contributed by atoms with Crippen LogP contribution in [0.5, 0.6) is 0 Å². The number of fused-ring (bicyclic) bond motifs is 6. The predicted octanol–water partition coefficient (Wildman–Crippen LogP) is 14.4. The second kappa shape index (κ2) is 14.8. The van der Waals surface area contributed by atoms with Crippen molar-refractivity contribution < 1.29 is 0 Å². The van der Waals surface area contributed by atoms with Gasteiger partial charge in [0.05, 0.1) is 5.41 Å². The zero-order valence-electron chi connectivity index (χ0n) is 34.7. The van der Waals surface area contributed by atoms with E-state index in [0.717, 1.165) is 50.6 Å². The van der Waals surface area contributed by atoms with Crippen LogP contribution in [0.25, 0.3) is 53.6 Å². The number of aliphatic imine (C=N–C) groups is 2. The second-order valence-corrected chi connectivity index (χ2v) is 17.8. The third-order valence-electron chi connectivity index (χ3n) is 13.0. The van der Waals surface area contributed by atoms with Crippen molar-refractivity contribution in [3.8, 4) is 33.4 Å². The lowest BCUT2D eigenvalue weighted by molar-refractivity contribution is 0.518. The van der Waals surface area contributed by atoms with Crippen molar-refractivity contribution in [2.75, 3.05) is 0 Å². The van der Waals surface area contributed by atoms with Gasteiger partial charge in [0.15, 0.2) is 5.66 Å². The largest absolute Gasteiger partial charge is 0.324 e. The summed E-state index contributed by atoms with van der Waals surface area (Å²) in [6.07, 6.45) is 0. The first-order chi connectivity index (χ1) is 31.0. The van der Waals surface area contributed by atoms with Crippen LogP contribution in [-0.4, -0.2) is 11.7 Å². The summed E-state index contributed by atoms with van der Waals surface area (Å²) >= 11 is 1.82. The van der Waals surface area contributed by atoms with Gasteiger partial charge in [-0.15, -0.1) is 11.3 Å². The average Bonchev–Trinajstić information content (AvgIpc) is 3.88. The minimum Gasteiger partial charge on any atom is -0.324 e. The van der Waals surface area contributed by atoms with Crippen molar-refractivity contribution in [2.45, 2.75) is 18.0 Å². The molecule has 9 aromatic carbocycles. The molecule has 0 fully saturated rings. The molecule has 3 nitrogen and oxygen atoms in total. The minimum absolute atomic E-state index is 0.485. The Morgan fingerprint density at radius 3 is 1.52 bits per heavy atom. The number of hydrogen-bond donors (Lipinski definition) is 1. The van der Waals surface area contributed by atoms with Gasteiger partial charge in [-0.1, -0.05) is 188 Å². The summed E-state index contributed by atoms with van der Waals surface area (Å²) in [5.41, 5.74) is 13.6. The van der Waals surface area contributed by atoms with E-state index in [0.29, 0.717) is 0 Å². The molecule has 10 aromatic rings. The van der Waals surface area contributed by atoms with E-state index in [1.807, 2.05) is 11.3 Å². The molecule has 1 aliphatic heterocycles. The summed E-state index contributed by atoms with van der Waals surface area (Å²) in [7, 11) is 0. The molecule has 0 saturated carbocycles. The Bertz CT molecular complexity index is 3330. The van der Waals surface area contributed by atoms with E-state index in [-0.39, 0.29) is 0 Å². The van der Waals surface area contributed by atoms with Gasteiger partial charge in [0.2, 0.25) is 0 Å². The molecule has 0 radical (unpaired) electrons. The Labute approximate surface area is 371 Å². The maximum absolute atomic E-state index is 5.65. The Hall–Kier alpha value is -7.66. The highest BCUT2D eigenvalue weighted by atomic mass is 32.1. The van der Waals surface area contributed by atoms with Crippen molar-refractivity contribution in [3.05, 3.63) is 263 Å². The van der Waals surface area contributed by atoms with Gasteiger partial charge in [0.25, 0.3) is 0 Å². The van der Waals surface area contributed by atoms with Crippen LogP contribution in [0.3, 0.4) is 0 Å². The van der Waals surface area contributed by atoms with E-state index in [9.17, 15) is 0 Å². The molecule has 63 heavy (non-hydrogen) atoms. The number of rotatable bonds is 7. The van der Waals surface area contributed by atoms with Crippen molar-refractivity contribution in [2.24, 2.45) is 9.98 Å². The Morgan fingerprint density at radius 2 is 0.873 bits per heavy atom. The van der Waals surface area contributed by atoms with Crippen molar-refractivity contribution in [1.82, 2.24) is 5.32 Å². The number of hydrogen-bond acceptors (Lipinski definition) is 4. The van der Waals surface area contributed by atoms with Gasteiger partial charge in [0.1, 0.15) is 11.7 Å². The van der Waals surface area contributed by atoms with E-state index in [2.05, 4.69) is 237 Å². The molecule has 12 rings (SSSR count). The molecule has 0 saturated heterocycles. The van der Waals surface area contributed by atoms with Crippen molar-refractivity contribution >= 4 is 43.2 Å². The van der Waals surface area contributed by atoms with E-state index >= 15 is 0 Å². The van der Waals surface area contributed by atoms with Crippen LogP contribution < -0.4 is 5.32 Å². The molecule has 0 amide bonds. The third kappa shape index (κ3) is 6.09. The van der Waals surface area contributed by atoms with Gasteiger partial charge in [0, 0.05) is 36.9 Å². The second-order valence-electron chi connectivity index (χ2n) is 16.7. The van der Waals surface area contributed by atoms with Crippen LogP contribution in [0, 0.1) is 0 Å². The fourth-order valence-electron chi connectivity index (χ4n) is 10.00. The molecule has 1 unspecified atom stereocenters. The molecule has 0 bridgehead atoms. The highest BCUT2D eigenvalue weighted by Crippen LogP contribution is 2.56. The molecular formula is C59H41N3S. The zero-order chi connectivity index (χ0) is 42.0. The number of nitrogens with one attached hydrogen (secondary N) is 1. The highest BCUT2D eigenvalue weighted by molar-refractivity contribution is 7.25. The number of amidine groups is 2. The topological polar surface area (TPSA) is 36.8 Å². The van der Waals surface area contributed by atoms with Crippen LogP contribution in [0.4, 0.5) is 0 Å². The van der Waals surface area contributed by atoms with Gasteiger partial charge in [-0.25, -0.2) is 9.98 Å². The highest BCUT2D eigenvalue weighted by Gasteiger charge is 2.46. The SMILES string of the molecule is CC1(c2cc(-c3ccccc3)cc(-c3ccccc3)c2)N=C(c2ccc3c(c2)-c2ccccc2C3(c2ccccc2)c2ccccc2)NC(c2ccc3c(c2)sc2ccccc23)=N1. The van der Waals surface area contributed by atoms with Crippen LogP contribution in [-0.2, 0) is 11.1 Å². The minimum atomic E-state index is -0.978. The molecule has 2 aliphatic rings. The first-order valence-corrected chi connectivity index (χ1v) is 22.4.